The fourth-order valence-corrected chi connectivity index (χ4v) is 4.69. The Morgan fingerprint density at radius 2 is 2.09 bits per heavy atom. The van der Waals surface area contributed by atoms with E-state index in [1.54, 1.807) is 29.8 Å². The number of thiazole rings is 1. The fraction of sp³-hybridized carbons (Fsp3) is 0.522. The van der Waals surface area contributed by atoms with Crippen molar-refractivity contribution in [2.24, 2.45) is 5.92 Å². The molecule has 0 aliphatic carbocycles. The molecular weight excluding hydrogens is 428 g/mol. The zero-order valence-corrected chi connectivity index (χ0v) is 19.7. The van der Waals surface area contributed by atoms with Crippen molar-refractivity contribution in [3.63, 3.8) is 0 Å². The first-order valence-corrected chi connectivity index (χ1v) is 11.9. The molecule has 8 nitrogen and oxygen atoms in total. The summed E-state index contributed by atoms with van der Waals surface area (Å²) >= 11 is 1.18. The lowest BCUT2D eigenvalue weighted by atomic mass is 10.1. The van der Waals surface area contributed by atoms with Crippen LogP contribution >= 0.6 is 11.3 Å². The Bertz CT molecular complexity index is 947. The minimum absolute atomic E-state index is 0.0509. The maximum atomic E-state index is 13.5. The molecule has 1 saturated heterocycles. The Morgan fingerprint density at radius 3 is 2.78 bits per heavy atom. The predicted molar refractivity (Wildman–Crippen MR) is 122 cm³/mol. The smallest absolute Gasteiger partial charge is 0.350 e. The molecule has 1 unspecified atom stereocenters. The number of rotatable bonds is 10. The number of amides is 2. The van der Waals surface area contributed by atoms with Crippen LogP contribution in [0.15, 0.2) is 24.4 Å². The molecule has 1 atom stereocenters. The predicted octanol–water partition coefficient (Wildman–Crippen LogP) is 3.60. The fourth-order valence-electron chi connectivity index (χ4n) is 3.70. The Labute approximate surface area is 192 Å². The quantitative estimate of drug-likeness (QED) is 0.399. The molecule has 3 rings (SSSR count). The van der Waals surface area contributed by atoms with Crippen LogP contribution in [0.25, 0.3) is 0 Å². The van der Waals surface area contributed by atoms with E-state index in [1.807, 2.05) is 18.2 Å². The molecule has 0 N–H and O–H groups in total. The third-order valence-corrected chi connectivity index (χ3v) is 6.53. The topological polar surface area (TPSA) is 92.7 Å². The monoisotopic (exact) mass is 458 g/mol. The first kappa shape index (κ1) is 23.8. The summed E-state index contributed by atoms with van der Waals surface area (Å²) in [6.45, 7) is 7.13. The molecule has 1 fully saturated rings. The van der Waals surface area contributed by atoms with Gasteiger partial charge in [-0.05, 0) is 32.4 Å². The van der Waals surface area contributed by atoms with E-state index in [2.05, 4.69) is 16.9 Å². The summed E-state index contributed by atoms with van der Waals surface area (Å²) in [5.41, 5.74) is 1.35. The van der Waals surface area contributed by atoms with Crippen LogP contribution in [-0.2, 0) is 20.9 Å². The van der Waals surface area contributed by atoms with Gasteiger partial charge in [-0.3, -0.25) is 19.5 Å². The molecule has 9 heteroatoms. The highest BCUT2D eigenvalue weighted by Gasteiger charge is 2.38. The third kappa shape index (κ3) is 5.70. The number of pyridine rings is 1. The number of esters is 1. The van der Waals surface area contributed by atoms with Gasteiger partial charge in [-0.15, -0.1) is 0 Å². The molecule has 0 bridgehead atoms. The molecule has 1 aliphatic rings. The first-order chi connectivity index (χ1) is 15.4. The van der Waals surface area contributed by atoms with Gasteiger partial charge in [0.2, 0.25) is 11.8 Å². The summed E-state index contributed by atoms with van der Waals surface area (Å²) in [6, 6.07) is 5.58. The number of hydrogen-bond donors (Lipinski definition) is 0. The molecule has 172 valence electrons. The van der Waals surface area contributed by atoms with E-state index in [-0.39, 0.29) is 24.8 Å². The highest BCUT2D eigenvalue weighted by atomic mass is 32.1. The molecule has 0 radical (unpaired) electrons. The molecule has 0 aromatic carbocycles. The van der Waals surface area contributed by atoms with Gasteiger partial charge in [-0.1, -0.05) is 37.2 Å². The summed E-state index contributed by atoms with van der Waals surface area (Å²) in [4.78, 5) is 50.8. The Hall–Kier alpha value is -2.81. The van der Waals surface area contributed by atoms with Crippen LogP contribution in [0, 0.1) is 12.8 Å². The number of carbonyl (C=O) groups is 3. The van der Waals surface area contributed by atoms with Gasteiger partial charge in [0.1, 0.15) is 4.88 Å². The number of aromatic nitrogens is 2. The van der Waals surface area contributed by atoms with Crippen LogP contribution in [0.1, 0.15) is 60.6 Å². The maximum Gasteiger partial charge on any atom is 0.350 e. The van der Waals surface area contributed by atoms with Gasteiger partial charge in [0, 0.05) is 25.7 Å². The molecule has 2 aromatic heterocycles. The van der Waals surface area contributed by atoms with Crippen LogP contribution in [0.3, 0.4) is 0 Å². The second-order valence-electron chi connectivity index (χ2n) is 7.82. The van der Waals surface area contributed by atoms with Crippen molar-refractivity contribution in [2.75, 3.05) is 24.6 Å². The number of hydrogen-bond acceptors (Lipinski definition) is 7. The number of nitrogens with zero attached hydrogens (tertiary/aromatic N) is 4. The van der Waals surface area contributed by atoms with Gasteiger partial charge in [0.25, 0.3) is 0 Å². The first-order valence-electron chi connectivity index (χ1n) is 11.1. The zero-order valence-electron chi connectivity index (χ0n) is 18.9. The number of anilines is 1. The standard InChI is InChI=1S/C23H30N4O4S/c1-4-6-9-12-27(23-25-16(3)20(32-23)22(30)31-5-2)21(29)17-13-19(28)26(14-17)15-18-10-7-8-11-24-18/h7-8,10-11,17H,4-6,9,12-15H2,1-3H3. The number of carbonyl (C=O) groups excluding carboxylic acids is 3. The average Bonchev–Trinajstić information content (AvgIpc) is 3.34. The number of ether oxygens (including phenoxy) is 1. The highest BCUT2D eigenvalue weighted by Crippen LogP contribution is 2.30. The van der Waals surface area contributed by atoms with Gasteiger partial charge >= 0.3 is 5.97 Å². The van der Waals surface area contributed by atoms with Gasteiger partial charge in [-0.2, -0.15) is 0 Å². The van der Waals surface area contributed by atoms with E-state index in [9.17, 15) is 14.4 Å². The van der Waals surface area contributed by atoms with Crippen molar-refractivity contribution >= 4 is 34.3 Å². The lowest BCUT2D eigenvalue weighted by molar-refractivity contribution is -0.129. The summed E-state index contributed by atoms with van der Waals surface area (Å²) in [5, 5.41) is 0.488. The molecule has 2 aromatic rings. The Kier molecular flexibility index (Phi) is 8.33. The van der Waals surface area contributed by atoms with Crippen LogP contribution < -0.4 is 4.90 Å². The molecule has 2 amide bonds. The van der Waals surface area contributed by atoms with Crippen molar-refractivity contribution in [3.05, 3.63) is 40.7 Å². The molecule has 32 heavy (non-hydrogen) atoms. The minimum Gasteiger partial charge on any atom is -0.462 e. The van der Waals surface area contributed by atoms with Crippen molar-refractivity contribution in [1.29, 1.82) is 0 Å². The van der Waals surface area contributed by atoms with E-state index < -0.39 is 11.9 Å². The van der Waals surface area contributed by atoms with Crippen LogP contribution in [0.4, 0.5) is 5.13 Å². The van der Waals surface area contributed by atoms with E-state index in [0.29, 0.717) is 35.3 Å². The van der Waals surface area contributed by atoms with Gasteiger partial charge in [-0.25, -0.2) is 9.78 Å². The SMILES string of the molecule is CCCCCN(C(=O)C1CC(=O)N(Cc2ccccn2)C1)c1nc(C)c(C(=O)OCC)s1. The van der Waals surface area contributed by atoms with Gasteiger partial charge < -0.3 is 9.64 Å². The molecule has 0 spiro atoms. The second-order valence-corrected chi connectivity index (χ2v) is 8.80. The van der Waals surface area contributed by atoms with E-state index in [4.69, 9.17) is 4.74 Å². The number of likely N-dealkylation sites (tertiary alicyclic amines) is 1. The molecule has 1 aliphatic heterocycles. The molecule has 0 saturated carbocycles. The average molecular weight is 459 g/mol. The minimum atomic E-state index is -0.442. The van der Waals surface area contributed by atoms with Crippen molar-refractivity contribution in [2.45, 2.75) is 53.0 Å². The zero-order chi connectivity index (χ0) is 23.1. The van der Waals surface area contributed by atoms with Crippen molar-refractivity contribution < 1.29 is 19.1 Å². The number of unbranched alkanes of at least 4 members (excludes halogenated alkanes) is 2. The van der Waals surface area contributed by atoms with Crippen molar-refractivity contribution in [3.8, 4) is 0 Å². The van der Waals surface area contributed by atoms with E-state index in [1.165, 1.54) is 11.3 Å². The summed E-state index contributed by atoms with van der Waals surface area (Å²) in [7, 11) is 0. The number of aryl methyl sites for hydroxylation is 1. The third-order valence-electron chi connectivity index (χ3n) is 5.37. The lowest BCUT2D eigenvalue weighted by Crippen LogP contribution is -2.38. The summed E-state index contributed by atoms with van der Waals surface area (Å²) < 4.78 is 5.12. The van der Waals surface area contributed by atoms with Gasteiger partial charge in [0.15, 0.2) is 5.13 Å². The Balaban J connectivity index is 1.77. The van der Waals surface area contributed by atoms with Crippen LogP contribution in [0.2, 0.25) is 0 Å². The van der Waals surface area contributed by atoms with Crippen LogP contribution in [-0.4, -0.2) is 52.3 Å². The normalized spacial score (nSPS) is 15.8. The van der Waals surface area contributed by atoms with E-state index in [0.717, 1.165) is 25.0 Å². The highest BCUT2D eigenvalue weighted by molar-refractivity contribution is 7.17. The summed E-state index contributed by atoms with van der Waals surface area (Å²) in [5.74, 6) is -1.04. The lowest BCUT2D eigenvalue weighted by Gasteiger charge is -2.23. The maximum absolute atomic E-state index is 13.5. The molecular formula is C23H30N4O4S. The second kappa shape index (κ2) is 11.2. The van der Waals surface area contributed by atoms with Crippen molar-refractivity contribution in [1.82, 2.24) is 14.9 Å². The Morgan fingerprint density at radius 1 is 1.28 bits per heavy atom. The summed E-state index contributed by atoms with van der Waals surface area (Å²) in [6.07, 6.45) is 4.69. The molecule has 3 heterocycles. The largest absolute Gasteiger partial charge is 0.462 e. The van der Waals surface area contributed by atoms with Gasteiger partial charge in [0.05, 0.1) is 30.5 Å². The van der Waals surface area contributed by atoms with E-state index >= 15 is 0 Å². The van der Waals surface area contributed by atoms with Crippen LogP contribution in [0.5, 0.6) is 0 Å².